The number of ether oxygens (including phenoxy) is 2. The lowest BCUT2D eigenvalue weighted by atomic mass is 9.92. The molecule has 0 bridgehead atoms. The standard InChI is InChI=1S/C18H23N3O3.ClH/c1-12(22)8-13-4-6-21(7-5-13)18-15-10-17(24-3)16(23-2)9-14(15)11-19-20-18;/h9-11,13H,4-8H2,1-3H3;1H. The van der Waals surface area contributed by atoms with Gasteiger partial charge in [0, 0.05) is 30.3 Å². The maximum absolute atomic E-state index is 11.3. The minimum atomic E-state index is 0. The molecule has 0 amide bonds. The molecule has 1 aromatic carbocycles. The normalized spacial score (nSPS) is 14.9. The number of benzene rings is 1. The molecule has 1 fully saturated rings. The van der Waals surface area contributed by atoms with Crippen molar-refractivity contribution in [3.05, 3.63) is 18.3 Å². The number of hydrogen-bond donors (Lipinski definition) is 0. The van der Waals surface area contributed by atoms with Gasteiger partial charge in [0.15, 0.2) is 17.3 Å². The van der Waals surface area contributed by atoms with Crippen LogP contribution in [0.25, 0.3) is 10.8 Å². The number of anilines is 1. The number of piperidine rings is 1. The molecule has 1 aromatic heterocycles. The van der Waals surface area contributed by atoms with Gasteiger partial charge in [-0.1, -0.05) is 0 Å². The van der Waals surface area contributed by atoms with Gasteiger partial charge in [-0.25, -0.2) is 0 Å². The van der Waals surface area contributed by atoms with Crippen LogP contribution < -0.4 is 14.4 Å². The van der Waals surface area contributed by atoms with Crippen molar-refractivity contribution >= 4 is 34.8 Å². The fourth-order valence-corrected chi connectivity index (χ4v) is 3.38. The summed E-state index contributed by atoms with van der Waals surface area (Å²) in [6.45, 7) is 3.45. The molecule has 0 radical (unpaired) electrons. The van der Waals surface area contributed by atoms with Gasteiger partial charge in [0.2, 0.25) is 0 Å². The summed E-state index contributed by atoms with van der Waals surface area (Å²) in [7, 11) is 3.25. The van der Waals surface area contributed by atoms with Crippen LogP contribution in [0.1, 0.15) is 26.2 Å². The lowest BCUT2D eigenvalue weighted by molar-refractivity contribution is -0.118. The first-order valence-corrected chi connectivity index (χ1v) is 8.24. The molecule has 136 valence electrons. The average Bonchev–Trinajstić information content (AvgIpc) is 2.60. The van der Waals surface area contributed by atoms with E-state index in [1.807, 2.05) is 12.1 Å². The maximum Gasteiger partial charge on any atom is 0.161 e. The van der Waals surface area contributed by atoms with Gasteiger partial charge in [-0.3, -0.25) is 0 Å². The number of aromatic nitrogens is 2. The summed E-state index contributed by atoms with van der Waals surface area (Å²) in [4.78, 5) is 13.6. The molecule has 6 nitrogen and oxygen atoms in total. The minimum absolute atomic E-state index is 0. The van der Waals surface area contributed by atoms with Crippen molar-refractivity contribution in [2.75, 3.05) is 32.2 Å². The van der Waals surface area contributed by atoms with Crippen LogP contribution in [-0.2, 0) is 4.79 Å². The van der Waals surface area contributed by atoms with Crippen LogP contribution in [0.4, 0.5) is 5.82 Å². The van der Waals surface area contributed by atoms with Crippen LogP contribution in [0.2, 0.25) is 0 Å². The zero-order valence-electron chi connectivity index (χ0n) is 14.8. The summed E-state index contributed by atoms with van der Waals surface area (Å²) in [5, 5.41) is 10.5. The van der Waals surface area contributed by atoms with E-state index in [1.165, 1.54) is 0 Å². The summed E-state index contributed by atoms with van der Waals surface area (Å²) in [6, 6.07) is 3.88. The molecule has 1 aliphatic rings. The number of methoxy groups -OCH3 is 2. The predicted molar refractivity (Wildman–Crippen MR) is 100 cm³/mol. The number of carbonyl (C=O) groups excluding carboxylic acids is 1. The van der Waals surface area contributed by atoms with E-state index in [9.17, 15) is 4.79 Å². The molecule has 0 atom stereocenters. The first-order chi connectivity index (χ1) is 11.6. The van der Waals surface area contributed by atoms with Crippen LogP contribution >= 0.6 is 12.4 Å². The third kappa shape index (κ3) is 4.12. The first kappa shape index (κ1) is 19.2. The highest BCUT2D eigenvalue weighted by molar-refractivity contribution is 5.94. The van der Waals surface area contributed by atoms with E-state index >= 15 is 0 Å². The van der Waals surface area contributed by atoms with Crippen LogP contribution in [0.15, 0.2) is 18.3 Å². The van der Waals surface area contributed by atoms with Gasteiger partial charge < -0.3 is 19.2 Å². The van der Waals surface area contributed by atoms with E-state index in [-0.39, 0.29) is 18.2 Å². The van der Waals surface area contributed by atoms with Crippen LogP contribution in [-0.4, -0.2) is 43.3 Å². The fourth-order valence-electron chi connectivity index (χ4n) is 3.38. The number of fused-ring (bicyclic) bond motifs is 1. The predicted octanol–water partition coefficient (Wildman–Crippen LogP) is 3.26. The number of ketones is 1. The first-order valence-electron chi connectivity index (χ1n) is 8.24. The molecule has 0 spiro atoms. The molecular formula is C18H24ClN3O3. The van der Waals surface area contributed by atoms with E-state index in [1.54, 1.807) is 27.3 Å². The summed E-state index contributed by atoms with van der Waals surface area (Å²) in [5.74, 6) is 3.00. The minimum Gasteiger partial charge on any atom is -0.493 e. The Morgan fingerprint density at radius 2 is 1.84 bits per heavy atom. The topological polar surface area (TPSA) is 64.6 Å². The van der Waals surface area contributed by atoms with Gasteiger partial charge >= 0.3 is 0 Å². The monoisotopic (exact) mass is 365 g/mol. The highest BCUT2D eigenvalue weighted by atomic mass is 35.5. The Labute approximate surface area is 153 Å². The van der Waals surface area contributed by atoms with E-state index in [0.29, 0.717) is 23.8 Å². The lowest BCUT2D eigenvalue weighted by Crippen LogP contribution is -2.35. The van der Waals surface area contributed by atoms with E-state index in [0.717, 1.165) is 42.5 Å². The highest BCUT2D eigenvalue weighted by Crippen LogP contribution is 2.36. The van der Waals surface area contributed by atoms with Crippen LogP contribution in [0, 0.1) is 5.92 Å². The van der Waals surface area contributed by atoms with Gasteiger partial charge in [-0.15, -0.1) is 17.5 Å². The van der Waals surface area contributed by atoms with Gasteiger partial charge in [0.25, 0.3) is 0 Å². The Balaban J connectivity index is 0.00000225. The number of nitrogens with zero attached hydrogens (tertiary/aromatic N) is 3. The maximum atomic E-state index is 11.3. The second-order valence-electron chi connectivity index (χ2n) is 6.30. The second-order valence-corrected chi connectivity index (χ2v) is 6.30. The number of Topliss-reactive ketones (excluding diaryl/α,β-unsaturated/α-hetero) is 1. The molecule has 0 aliphatic carbocycles. The molecule has 0 saturated carbocycles. The zero-order chi connectivity index (χ0) is 17.1. The van der Waals surface area contributed by atoms with Gasteiger partial charge in [-0.2, -0.15) is 5.10 Å². The van der Waals surface area contributed by atoms with Crippen molar-refractivity contribution in [1.29, 1.82) is 0 Å². The molecule has 1 saturated heterocycles. The van der Waals surface area contributed by atoms with Gasteiger partial charge in [0.05, 0.1) is 20.4 Å². The molecule has 25 heavy (non-hydrogen) atoms. The molecule has 3 rings (SSSR count). The van der Waals surface area contributed by atoms with Gasteiger partial charge in [0.1, 0.15) is 5.78 Å². The fraction of sp³-hybridized carbons (Fsp3) is 0.500. The van der Waals surface area contributed by atoms with Crippen molar-refractivity contribution in [3.8, 4) is 11.5 Å². The van der Waals surface area contributed by atoms with Gasteiger partial charge in [-0.05, 0) is 37.8 Å². The molecule has 0 N–H and O–H groups in total. The summed E-state index contributed by atoms with van der Waals surface area (Å²) < 4.78 is 10.8. The Morgan fingerprint density at radius 1 is 1.20 bits per heavy atom. The van der Waals surface area contributed by atoms with Crippen LogP contribution in [0.5, 0.6) is 11.5 Å². The van der Waals surface area contributed by atoms with E-state index in [4.69, 9.17) is 9.47 Å². The number of hydrogen-bond acceptors (Lipinski definition) is 6. The van der Waals surface area contributed by atoms with Crippen molar-refractivity contribution in [2.24, 2.45) is 5.92 Å². The Morgan fingerprint density at radius 3 is 2.44 bits per heavy atom. The summed E-state index contributed by atoms with van der Waals surface area (Å²) >= 11 is 0. The molecular weight excluding hydrogens is 342 g/mol. The third-order valence-corrected chi connectivity index (χ3v) is 4.64. The Bertz CT molecular complexity index is 746. The van der Waals surface area contributed by atoms with Crippen LogP contribution in [0.3, 0.4) is 0 Å². The third-order valence-electron chi connectivity index (χ3n) is 4.64. The van der Waals surface area contributed by atoms with Crippen molar-refractivity contribution in [2.45, 2.75) is 26.2 Å². The smallest absolute Gasteiger partial charge is 0.161 e. The zero-order valence-corrected chi connectivity index (χ0v) is 15.6. The average molecular weight is 366 g/mol. The van der Waals surface area contributed by atoms with Crippen molar-refractivity contribution in [3.63, 3.8) is 0 Å². The summed E-state index contributed by atoms with van der Waals surface area (Å²) in [6.07, 6.45) is 4.43. The van der Waals surface area contributed by atoms with Crippen molar-refractivity contribution < 1.29 is 14.3 Å². The highest BCUT2D eigenvalue weighted by Gasteiger charge is 2.23. The largest absolute Gasteiger partial charge is 0.493 e. The molecule has 1 aliphatic heterocycles. The Kier molecular flexibility index (Phi) is 6.42. The van der Waals surface area contributed by atoms with E-state index in [2.05, 4.69) is 15.1 Å². The number of carbonyl (C=O) groups is 1. The number of halogens is 1. The quantitative estimate of drug-likeness (QED) is 0.810. The molecule has 7 heteroatoms. The SMILES string of the molecule is COc1cc2cnnc(N3CCC(CC(C)=O)CC3)c2cc1OC.Cl. The molecule has 2 aromatic rings. The Hall–Kier alpha value is -2.08. The second kappa shape index (κ2) is 8.34. The van der Waals surface area contributed by atoms with E-state index < -0.39 is 0 Å². The molecule has 2 heterocycles. The number of rotatable bonds is 5. The summed E-state index contributed by atoms with van der Waals surface area (Å²) in [5.41, 5.74) is 0. The molecule has 0 unspecified atom stereocenters. The van der Waals surface area contributed by atoms with Crippen molar-refractivity contribution in [1.82, 2.24) is 10.2 Å². The lowest BCUT2D eigenvalue weighted by Gasteiger charge is -2.32.